The number of aryl methyl sites for hydroxylation is 3. The molecule has 10 rings (SSSR count). The molecule has 0 saturated heterocycles. The number of carbonyl (C=O) groups is 1. The van der Waals surface area contributed by atoms with Crippen LogP contribution in [0.1, 0.15) is 209 Å². The number of ether oxygens (including phenoxy) is 7. The molecule has 1 aliphatic carbocycles. The predicted molar refractivity (Wildman–Crippen MR) is 334 cm³/mol. The van der Waals surface area contributed by atoms with Crippen molar-refractivity contribution in [1.82, 2.24) is 9.78 Å². The van der Waals surface area contributed by atoms with E-state index < -0.39 is 6.04 Å². The van der Waals surface area contributed by atoms with Gasteiger partial charge in [0.15, 0.2) is 40.3 Å². The van der Waals surface area contributed by atoms with Crippen LogP contribution in [0.3, 0.4) is 0 Å². The van der Waals surface area contributed by atoms with E-state index in [1.54, 1.807) is 35.1 Å². The summed E-state index contributed by atoms with van der Waals surface area (Å²) in [4.78, 5) is 11.3. The number of Topliss-reactive ketones (excluding diaryl/α,β-unsaturated/α-hetero) is 1. The molecular weight excluding hydrogens is 992 g/mol. The highest BCUT2D eigenvalue weighted by molar-refractivity contribution is 5.96. The van der Waals surface area contributed by atoms with E-state index in [1.165, 1.54) is 18.9 Å². The summed E-state index contributed by atoms with van der Waals surface area (Å²) in [6.45, 7) is 47.6. The second kappa shape index (κ2) is 36.5. The fourth-order valence-corrected chi connectivity index (χ4v) is 5.75. The molecule has 0 spiro atoms. The molecule has 5 aliphatic rings. The van der Waals surface area contributed by atoms with Gasteiger partial charge in [-0.2, -0.15) is 9.49 Å². The van der Waals surface area contributed by atoms with Gasteiger partial charge in [0.2, 0.25) is 6.79 Å². The molecule has 0 fully saturated rings. The van der Waals surface area contributed by atoms with Crippen LogP contribution in [0.2, 0.25) is 0 Å². The average molecular weight is 1110 g/mol. The van der Waals surface area contributed by atoms with Crippen molar-refractivity contribution in [2.45, 2.75) is 206 Å². The Hall–Kier alpha value is -5.71. The zero-order chi connectivity index (χ0) is 58.0. The van der Waals surface area contributed by atoms with Crippen LogP contribution in [0.25, 0.3) is 0 Å². The summed E-state index contributed by atoms with van der Waals surface area (Å²) < 4.78 is 50.4. The second-order valence-electron chi connectivity index (χ2n) is 27.0. The Morgan fingerprint density at radius 3 is 1.09 bits per heavy atom. The first-order valence-corrected chi connectivity index (χ1v) is 27.0. The Kier molecular flexibility index (Phi) is 35.8. The third kappa shape index (κ3) is 42.9. The number of benzene rings is 4. The molecule has 0 atom stereocenters. The van der Waals surface area contributed by atoms with Gasteiger partial charge in [0.1, 0.15) is 24.7 Å². The molecule has 4 aromatic carbocycles. The summed E-state index contributed by atoms with van der Waals surface area (Å²) in [5, 5.41) is 4.04. The molecule has 0 unspecified atom stereocenters. The van der Waals surface area contributed by atoms with Crippen molar-refractivity contribution in [2.24, 2.45) is 34.1 Å². The topological polar surface area (TPSA) is 99.5 Å². The Morgan fingerprint density at radius 1 is 0.430 bits per heavy atom. The SMILES string of the molecule is C.C.C.CC(C)(C)C.CC(C)(C)C.CC(C)(C)C.CC(C)(C)C.CC(C)(C)C.CC1(F)Oc2ccccc2O1.Cn1ncc2c1C(=O)CCC2.c1ccc2c(c1)CCCO2.c1ccc2c(c1)OCCO2.c1ccc2c(c1)OCO2. The van der Waals surface area contributed by atoms with Gasteiger partial charge in [-0.05, 0) is 101 Å². The highest BCUT2D eigenvalue weighted by Crippen LogP contribution is 2.39. The van der Waals surface area contributed by atoms with Crippen molar-refractivity contribution < 1.29 is 42.3 Å². The van der Waals surface area contributed by atoms with Gasteiger partial charge in [-0.1, -0.05) is 215 Å². The molecule has 11 heteroatoms. The Morgan fingerprint density at radius 2 is 0.734 bits per heavy atom. The van der Waals surface area contributed by atoms with Gasteiger partial charge >= 0.3 is 6.04 Å². The maximum Gasteiger partial charge on any atom is 0.404 e. The lowest BCUT2D eigenvalue weighted by atomic mass is 9.97. The van der Waals surface area contributed by atoms with E-state index in [0.29, 0.717) is 65.0 Å². The van der Waals surface area contributed by atoms with Gasteiger partial charge in [-0.25, -0.2) is 0 Å². The number of alkyl halides is 1. The van der Waals surface area contributed by atoms with E-state index in [4.69, 9.17) is 33.2 Å². The van der Waals surface area contributed by atoms with E-state index in [2.05, 4.69) is 156 Å². The molecule has 5 heterocycles. The first-order chi connectivity index (χ1) is 34.9. The number of halogens is 1. The highest BCUT2D eigenvalue weighted by Gasteiger charge is 2.36. The third-order valence-corrected chi connectivity index (χ3v) is 8.11. The number of rotatable bonds is 0. The van der Waals surface area contributed by atoms with Crippen molar-refractivity contribution in [1.29, 1.82) is 0 Å². The van der Waals surface area contributed by atoms with Gasteiger partial charge in [0.05, 0.1) is 12.8 Å². The van der Waals surface area contributed by atoms with Gasteiger partial charge in [0.25, 0.3) is 0 Å². The van der Waals surface area contributed by atoms with Crippen LogP contribution in [0.15, 0.2) is 103 Å². The van der Waals surface area contributed by atoms with Crippen LogP contribution in [-0.4, -0.2) is 48.2 Å². The Bertz CT molecular complexity index is 2140. The molecule has 10 nitrogen and oxygen atoms in total. The molecule has 0 saturated carbocycles. The summed E-state index contributed by atoms with van der Waals surface area (Å²) >= 11 is 0. The summed E-state index contributed by atoms with van der Waals surface area (Å²) in [5.41, 5.74) is 5.79. The third-order valence-electron chi connectivity index (χ3n) is 8.11. The maximum absolute atomic E-state index is 13.0. The lowest BCUT2D eigenvalue weighted by Crippen LogP contribution is -2.27. The molecule has 450 valence electrons. The van der Waals surface area contributed by atoms with Gasteiger partial charge in [-0.3, -0.25) is 9.48 Å². The quantitative estimate of drug-likeness (QED) is 0.150. The molecule has 79 heavy (non-hydrogen) atoms. The minimum absolute atomic E-state index is 0. The molecule has 0 bridgehead atoms. The summed E-state index contributed by atoms with van der Waals surface area (Å²) in [5.74, 6) is 5.63. The number of nitrogens with zero attached hydrogens (tertiary/aromatic N) is 2. The fourth-order valence-electron chi connectivity index (χ4n) is 5.75. The van der Waals surface area contributed by atoms with Crippen molar-refractivity contribution in [2.75, 3.05) is 26.6 Å². The Balaban J connectivity index is -0.000000825. The van der Waals surface area contributed by atoms with Gasteiger partial charge < -0.3 is 33.2 Å². The van der Waals surface area contributed by atoms with E-state index in [0.717, 1.165) is 65.9 Å². The van der Waals surface area contributed by atoms with Gasteiger partial charge in [0, 0.05) is 26.0 Å². The van der Waals surface area contributed by atoms with E-state index >= 15 is 0 Å². The smallest absolute Gasteiger partial charge is 0.404 e. The molecular formula is C68H113FN2O8. The molecule has 5 aromatic rings. The molecule has 1 aromatic heterocycles. The van der Waals surface area contributed by atoms with Crippen molar-refractivity contribution >= 4 is 5.78 Å². The molecule has 0 N–H and O–H groups in total. The standard InChI is InChI=1S/C9H10O.C8H7FO2.C8H10N2O.C8H8O2.C7H6O2.5C5H12.3CH4/c1-2-6-9-8(4-1)5-3-7-10-9;1-8(9)10-6-4-2-3-5-7(6)11-8;1-10-8-6(5-9-10)3-2-4-7(8)11;1-2-4-8-7(3-1)9-5-6-10-8;1-2-4-7-6(3-1)8-5-9-7;5*1-5(2,3)4;;;/h1-2,4,6H,3,5,7H2;2-5H,1H3;5H,2-4H2,1H3;1-4H,5-6H2;1-4H,5H2;5*1-4H3;3*1H4. The van der Waals surface area contributed by atoms with Crippen LogP contribution in [0.4, 0.5) is 4.39 Å². The van der Waals surface area contributed by atoms with E-state index in [9.17, 15) is 9.18 Å². The van der Waals surface area contributed by atoms with E-state index in [-0.39, 0.29) is 28.1 Å². The Labute approximate surface area is 482 Å². The second-order valence-corrected chi connectivity index (χ2v) is 27.0. The average Bonchev–Trinajstić information content (AvgIpc) is 4.01. The summed E-state index contributed by atoms with van der Waals surface area (Å²) in [6.07, 6.45) is 6.82. The normalized spacial score (nSPS) is 14.1. The summed E-state index contributed by atoms with van der Waals surface area (Å²) in [6, 6.07) is 28.5. The van der Waals surface area contributed by atoms with Crippen molar-refractivity contribution in [3.63, 3.8) is 0 Å². The number of carbonyl (C=O) groups excluding carboxylic acids is 1. The monoisotopic (exact) mass is 1100 g/mol. The number of hydrogen-bond acceptors (Lipinski definition) is 9. The van der Waals surface area contributed by atoms with Crippen LogP contribution >= 0.6 is 0 Å². The molecule has 0 amide bonds. The fraction of sp³-hybridized carbons (Fsp3) is 0.588. The number of fused-ring (bicyclic) bond motifs is 5. The summed E-state index contributed by atoms with van der Waals surface area (Å²) in [7, 11) is 1.82. The van der Waals surface area contributed by atoms with Crippen LogP contribution in [0.5, 0.6) is 40.2 Å². The zero-order valence-electron chi connectivity index (χ0n) is 51.2. The van der Waals surface area contributed by atoms with Gasteiger partial charge in [-0.15, -0.1) is 0 Å². The maximum atomic E-state index is 13.0. The minimum atomic E-state index is -2.00. The van der Waals surface area contributed by atoms with Crippen LogP contribution in [0, 0.1) is 27.1 Å². The number of aromatic nitrogens is 2. The number of ketones is 1. The molecule has 4 aliphatic heterocycles. The highest BCUT2D eigenvalue weighted by atomic mass is 19.2. The van der Waals surface area contributed by atoms with Crippen LogP contribution < -0.4 is 33.2 Å². The minimum Gasteiger partial charge on any atom is -0.493 e. The number of para-hydroxylation sites is 7. The lowest BCUT2D eigenvalue weighted by Gasteiger charge is -2.17. The van der Waals surface area contributed by atoms with Crippen LogP contribution in [-0.2, 0) is 19.9 Å². The first-order valence-electron chi connectivity index (χ1n) is 27.0. The van der Waals surface area contributed by atoms with Crippen molar-refractivity contribution in [3.05, 3.63) is 120 Å². The predicted octanol–water partition coefficient (Wildman–Crippen LogP) is 20.1. The number of hydrogen-bond donors (Lipinski definition) is 0. The first kappa shape index (κ1) is 77.5. The molecule has 0 radical (unpaired) electrons. The van der Waals surface area contributed by atoms with Crippen molar-refractivity contribution in [3.8, 4) is 40.2 Å². The largest absolute Gasteiger partial charge is 0.493 e. The zero-order valence-corrected chi connectivity index (χ0v) is 51.2. The van der Waals surface area contributed by atoms with E-state index in [1.807, 2.05) is 67.7 Å². The lowest BCUT2D eigenvalue weighted by molar-refractivity contribution is -0.173.